The van der Waals surface area contributed by atoms with Crippen LogP contribution in [0.2, 0.25) is 0 Å². The van der Waals surface area contributed by atoms with Crippen LogP contribution in [0.5, 0.6) is 0 Å². The van der Waals surface area contributed by atoms with Crippen molar-refractivity contribution in [1.82, 2.24) is 9.80 Å². The molecule has 1 amide bonds. The van der Waals surface area contributed by atoms with Gasteiger partial charge in [-0.05, 0) is 62.9 Å². The van der Waals surface area contributed by atoms with E-state index < -0.39 is 0 Å². The number of nitrogens with zero attached hydrogens (tertiary/aromatic N) is 3. The highest BCUT2D eigenvalue weighted by Crippen LogP contribution is 2.32. The third-order valence-corrected chi connectivity index (χ3v) is 5.84. The highest BCUT2D eigenvalue weighted by molar-refractivity contribution is 6.08. The predicted octanol–water partition coefficient (Wildman–Crippen LogP) is 4.71. The Kier molecular flexibility index (Phi) is 6.54. The molecule has 2 aliphatic rings. The first-order valence-electron chi connectivity index (χ1n) is 10.6. The minimum atomic E-state index is -0.364. The van der Waals surface area contributed by atoms with E-state index in [2.05, 4.69) is 25.7 Å². The Balaban J connectivity index is 2.04. The van der Waals surface area contributed by atoms with Gasteiger partial charge in [0.15, 0.2) is 11.6 Å². The molecular formula is C24H30FN3O2. The summed E-state index contributed by atoms with van der Waals surface area (Å²) in [7, 11) is 1.80. The highest BCUT2D eigenvalue weighted by atomic mass is 19.1. The minimum absolute atomic E-state index is 0.0697. The van der Waals surface area contributed by atoms with Crippen LogP contribution in [0.1, 0.15) is 63.7 Å². The number of carbonyl (C=O) groups is 2. The Morgan fingerprint density at radius 1 is 1.23 bits per heavy atom. The number of amidine groups is 1. The lowest BCUT2D eigenvalue weighted by Crippen LogP contribution is -2.59. The fourth-order valence-corrected chi connectivity index (χ4v) is 4.16. The summed E-state index contributed by atoms with van der Waals surface area (Å²) in [6.07, 6.45) is 4.29. The van der Waals surface area contributed by atoms with Gasteiger partial charge in [-0.1, -0.05) is 19.9 Å². The van der Waals surface area contributed by atoms with Crippen LogP contribution in [0, 0.1) is 5.82 Å². The second-order valence-corrected chi connectivity index (χ2v) is 8.06. The molecule has 0 aromatic heterocycles. The van der Waals surface area contributed by atoms with E-state index in [0.29, 0.717) is 18.4 Å². The van der Waals surface area contributed by atoms with Crippen molar-refractivity contribution in [2.24, 2.45) is 4.99 Å². The Bertz CT molecular complexity index is 928. The molecular weight excluding hydrogens is 381 g/mol. The molecule has 1 aromatic carbocycles. The largest absolute Gasteiger partial charge is 0.340 e. The number of amides is 1. The topological polar surface area (TPSA) is 53.0 Å². The molecule has 6 heteroatoms. The lowest BCUT2D eigenvalue weighted by atomic mass is 10.0. The molecule has 0 N–H and O–H groups in total. The van der Waals surface area contributed by atoms with Crippen molar-refractivity contribution in [2.45, 2.75) is 65.5 Å². The van der Waals surface area contributed by atoms with Crippen LogP contribution in [0.25, 0.3) is 0 Å². The van der Waals surface area contributed by atoms with Crippen molar-refractivity contribution >= 4 is 17.5 Å². The fourth-order valence-electron chi connectivity index (χ4n) is 4.16. The zero-order valence-corrected chi connectivity index (χ0v) is 18.4. The maximum atomic E-state index is 13.2. The second-order valence-electron chi connectivity index (χ2n) is 8.06. The van der Waals surface area contributed by atoms with Gasteiger partial charge in [-0.15, -0.1) is 0 Å². The molecule has 5 nitrogen and oxygen atoms in total. The molecule has 2 heterocycles. The van der Waals surface area contributed by atoms with E-state index in [1.807, 2.05) is 13.0 Å². The summed E-state index contributed by atoms with van der Waals surface area (Å²) < 4.78 is 13.2. The Labute approximate surface area is 178 Å². The SMILES string of the molecule is CCC1=C(CC(=O)c2ccc(F)cc2)N=C2C(=CC1)N(C)C(=O)C(CC)N2C(C)C. The van der Waals surface area contributed by atoms with Gasteiger partial charge in [-0.25, -0.2) is 9.38 Å². The number of likely N-dealkylation sites (N-methyl/N-ethyl adjacent to an activating group) is 1. The van der Waals surface area contributed by atoms with Gasteiger partial charge in [0.2, 0.25) is 5.91 Å². The van der Waals surface area contributed by atoms with E-state index in [0.717, 1.165) is 29.2 Å². The third kappa shape index (κ3) is 4.09. The monoisotopic (exact) mass is 411 g/mol. The number of ketones is 1. The quantitative estimate of drug-likeness (QED) is 0.637. The van der Waals surface area contributed by atoms with E-state index >= 15 is 0 Å². The molecule has 1 aromatic rings. The van der Waals surface area contributed by atoms with E-state index in [1.165, 1.54) is 24.3 Å². The maximum Gasteiger partial charge on any atom is 0.249 e. The van der Waals surface area contributed by atoms with Crippen molar-refractivity contribution in [3.63, 3.8) is 0 Å². The predicted molar refractivity (Wildman–Crippen MR) is 117 cm³/mol. The molecule has 1 saturated heterocycles. The smallest absolute Gasteiger partial charge is 0.249 e. The molecule has 0 saturated carbocycles. The first-order chi connectivity index (χ1) is 14.3. The number of rotatable bonds is 6. The summed E-state index contributed by atoms with van der Waals surface area (Å²) in [5.74, 6) is 0.369. The van der Waals surface area contributed by atoms with Crippen molar-refractivity contribution in [2.75, 3.05) is 7.05 Å². The van der Waals surface area contributed by atoms with Gasteiger partial charge in [0.05, 0.1) is 17.8 Å². The van der Waals surface area contributed by atoms with Crippen LogP contribution in [-0.2, 0) is 4.79 Å². The summed E-state index contributed by atoms with van der Waals surface area (Å²) in [5, 5.41) is 0. The molecule has 2 aliphatic heterocycles. The molecule has 1 unspecified atom stereocenters. The summed E-state index contributed by atoms with van der Waals surface area (Å²) in [4.78, 5) is 34.6. The lowest BCUT2D eigenvalue weighted by molar-refractivity contribution is -0.134. The first kappa shape index (κ1) is 21.9. The van der Waals surface area contributed by atoms with E-state index in [4.69, 9.17) is 4.99 Å². The summed E-state index contributed by atoms with van der Waals surface area (Å²) in [5.41, 5.74) is 3.10. The Hall–Kier alpha value is -2.76. The summed E-state index contributed by atoms with van der Waals surface area (Å²) in [6, 6.07) is 5.44. The number of fused-ring (bicyclic) bond motifs is 1. The van der Waals surface area contributed by atoms with E-state index in [9.17, 15) is 14.0 Å². The van der Waals surface area contributed by atoms with Gasteiger partial charge in [0.1, 0.15) is 11.9 Å². The average Bonchev–Trinajstić information content (AvgIpc) is 2.89. The van der Waals surface area contributed by atoms with Crippen LogP contribution >= 0.6 is 0 Å². The van der Waals surface area contributed by atoms with Crippen LogP contribution in [0.4, 0.5) is 4.39 Å². The number of carbonyl (C=O) groups excluding carboxylic acids is 2. The number of benzene rings is 1. The second kappa shape index (κ2) is 8.94. The molecule has 160 valence electrons. The van der Waals surface area contributed by atoms with Crippen LogP contribution in [0.3, 0.4) is 0 Å². The standard InChI is InChI=1S/C24H30FN3O2/c1-6-16-10-13-21-23(28(15(3)4)20(7-2)24(30)27(21)5)26-19(16)14-22(29)17-8-11-18(25)12-9-17/h8-9,11-13,15,20H,6-7,10,14H2,1-5H3. The van der Waals surface area contributed by atoms with Gasteiger partial charge in [0.25, 0.3) is 0 Å². The van der Waals surface area contributed by atoms with Crippen LogP contribution in [-0.4, -0.2) is 46.5 Å². The number of hydrogen-bond donors (Lipinski definition) is 0. The number of halogens is 1. The van der Waals surface area contributed by atoms with E-state index in [-0.39, 0.29) is 36.0 Å². The fraction of sp³-hybridized carbons (Fsp3) is 0.458. The Morgan fingerprint density at radius 2 is 1.90 bits per heavy atom. The number of piperazine rings is 1. The van der Waals surface area contributed by atoms with Crippen molar-refractivity contribution in [1.29, 1.82) is 0 Å². The molecule has 3 rings (SSSR count). The highest BCUT2D eigenvalue weighted by Gasteiger charge is 2.40. The van der Waals surface area contributed by atoms with Crippen molar-refractivity contribution in [3.05, 3.63) is 58.7 Å². The number of allylic oxidation sites excluding steroid dienone is 3. The van der Waals surface area contributed by atoms with Crippen LogP contribution < -0.4 is 0 Å². The normalized spacial score (nSPS) is 19.6. The van der Waals surface area contributed by atoms with Crippen molar-refractivity contribution in [3.8, 4) is 0 Å². The third-order valence-electron chi connectivity index (χ3n) is 5.84. The van der Waals surface area contributed by atoms with Gasteiger partial charge >= 0.3 is 0 Å². The lowest BCUT2D eigenvalue weighted by Gasteiger charge is -2.44. The molecule has 0 spiro atoms. The van der Waals surface area contributed by atoms with Crippen molar-refractivity contribution < 1.29 is 14.0 Å². The van der Waals surface area contributed by atoms with Gasteiger partial charge in [0, 0.05) is 18.7 Å². The zero-order valence-electron chi connectivity index (χ0n) is 18.4. The maximum absolute atomic E-state index is 13.2. The molecule has 1 atom stereocenters. The number of hydrogen-bond acceptors (Lipinski definition) is 4. The summed E-state index contributed by atoms with van der Waals surface area (Å²) >= 11 is 0. The van der Waals surface area contributed by atoms with Crippen LogP contribution in [0.15, 0.2) is 52.3 Å². The Morgan fingerprint density at radius 3 is 2.47 bits per heavy atom. The number of aliphatic imine (C=N–C) groups is 1. The summed E-state index contributed by atoms with van der Waals surface area (Å²) in [6.45, 7) is 8.17. The molecule has 0 bridgehead atoms. The van der Waals surface area contributed by atoms with Gasteiger partial charge in [-0.2, -0.15) is 0 Å². The minimum Gasteiger partial charge on any atom is -0.340 e. The molecule has 0 radical (unpaired) electrons. The molecule has 1 fully saturated rings. The zero-order chi connectivity index (χ0) is 22.0. The van der Waals surface area contributed by atoms with Gasteiger partial charge in [-0.3, -0.25) is 9.59 Å². The molecule has 30 heavy (non-hydrogen) atoms. The first-order valence-corrected chi connectivity index (χ1v) is 10.6. The average molecular weight is 412 g/mol. The van der Waals surface area contributed by atoms with E-state index in [1.54, 1.807) is 11.9 Å². The number of Topliss-reactive ketones (excluding diaryl/α,β-unsaturated/α-hetero) is 1. The molecule has 0 aliphatic carbocycles. The van der Waals surface area contributed by atoms with Gasteiger partial charge < -0.3 is 9.80 Å².